The van der Waals surface area contributed by atoms with Crippen LogP contribution < -0.4 is 11.1 Å². The summed E-state index contributed by atoms with van der Waals surface area (Å²) in [7, 11) is 0. The van der Waals surface area contributed by atoms with Gasteiger partial charge in [0.1, 0.15) is 5.82 Å². The van der Waals surface area contributed by atoms with E-state index < -0.39 is 5.97 Å². The zero-order chi connectivity index (χ0) is 13.8. The van der Waals surface area contributed by atoms with Crippen molar-refractivity contribution in [3.8, 4) is 0 Å². The zero-order valence-corrected chi connectivity index (χ0v) is 10.4. The first-order chi connectivity index (χ1) is 9.06. The second-order valence-electron chi connectivity index (χ2n) is 4.06. The molecule has 2 aromatic rings. The van der Waals surface area contributed by atoms with Gasteiger partial charge < -0.3 is 16.2 Å². The van der Waals surface area contributed by atoms with Crippen LogP contribution in [0, 0.1) is 6.92 Å². The first-order valence-corrected chi connectivity index (χ1v) is 5.71. The Labute approximate surface area is 110 Å². The van der Waals surface area contributed by atoms with Crippen LogP contribution in [0.15, 0.2) is 30.5 Å². The summed E-state index contributed by atoms with van der Waals surface area (Å²) in [6.45, 7) is 2.31. The number of aromatic carboxylic acids is 1. The molecule has 98 valence electrons. The second-order valence-corrected chi connectivity index (χ2v) is 4.06. The fourth-order valence-electron chi connectivity index (χ4n) is 1.65. The van der Waals surface area contributed by atoms with Crippen molar-refractivity contribution >= 4 is 17.3 Å². The SMILES string of the molecule is Cc1nccc(CNc2ccc(N)c(C(=O)O)c2)n1. The summed E-state index contributed by atoms with van der Waals surface area (Å²) in [5, 5.41) is 12.1. The predicted molar refractivity (Wildman–Crippen MR) is 71.9 cm³/mol. The van der Waals surface area contributed by atoms with Gasteiger partial charge in [-0.05, 0) is 31.2 Å². The Morgan fingerprint density at radius 3 is 2.89 bits per heavy atom. The highest BCUT2D eigenvalue weighted by molar-refractivity contribution is 5.94. The number of aryl methyl sites for hydroxylation is 1. The highest BCUT2D eigenvalue weighted by Gasteiger charge is 2.08. The Kier molecular flexibility index (Phi) is 3.61. The molecular weight excluding hydrogens is 244 g/mol. The van der Waals surface area contributed by atoms with Gasteiger partial charge in [0.2, 0.25) is 0 Å². The van der Waals surface area contributed by atoms with E-state index in [9.17, 15) is 4.79 Å². The zero-order valence-electron chi connectivity index (χ0n) is 10.4. The van der Waals surface area contributed by atoms with Gasteiger partial charge in [0.05, 0.1) is 17.8 Å². The fraction of sp³-hybridized carbons (Fsp3) is 0.154. The first-order valence-electron chi connectivity index (χ1n) is 5.71. The third kappa shape index (κ3) is 3.19. The average molecular weight is 258 g/mol. The van der Waals surface area contributed by atoms with E-state index in [4.69, 9.17) is 10.8 Å². The van der Waals surface area contributed by atoms with E-state index >= 15 is 0 Å². The minimum absolute atomic E-state index is 0.0869. The summed E-state index contributed by atoms with van der Waals surface area (Å²) in [6, 6.07) is 6.61. The lowest BCUT2D eigenvalue weighted by Gasteiger charge is -2.08. The summed E-state index contributed by atoms with van der Waals surface area (Å²) in [5.74, 6) is -0.345. The highest BCUT2D eigenvalue weighted by atomic mass is 16.4. The molecule has 6 heteroatoms. The van der Waals surface area contributed by atoms with Gasteiger partial charge in [-0.25, -0.2) is 14.8 Å². The maximum Gasteiger partial charge on any atom is 0.337 e. The number of hydrogen-bond donors (Lipinski definition) is 3. The van der Waals surface area contributed by atoms with Gasteiger partial charge in [0.15, 0.2) is 0 Å². The van der Waals surface area contributed by atoms with E-state index in [1.807, 2.05) is 6.92 Å². The van der Waals surface area contributed by atoms with Crippen LogP contribution in [0.2, 0.25) is 0 Å². The molecule has 0 radical (unpaired) electrons. The molecule has 0 fully saturated rings. The molecule has 0 unspecified atom stereocenters. The van der Waals surface area contributed by atoms with Crippen LogP contribution in [0.4, 0.5) is 11.4 Å². The van der Waals surface area contributed by atoms with E-state index in [1.165, 1.54) is 6.07 Å². The summed E-state index contributed by atoms with van der Waals surface area (Å²) in [5.41, 5.74) is 7.44. The lowest BCUT2D eigenvalue weighted by Crippen LogP contribution is -2.06. The molecule has 0 bridgehead atoms. The Balaban J connectivity index is 2.12. The van der Waals surface area contributed by atoms with Crippen LogP contribution in [0.25, 0.3) is 0 Å². The number of nitrogens with zero attached hydrogens (tertiary/aromatic N) is 2. The predicted octanol–water partition coefficient (Wildman–Crippen LogP) is 1.68. The normalized spacial score (nSPS) is 10.2. The molecule has 0 saturated carbocycles. The molecule has 0 saturated heterocycles. The topological polar surface area (TPSA) is 101 Å². The van der Waals surface area contributed by atoms with Gasteiger partial charge in [-0.2, -0.15) is 0 Å². The molecule has 1 heterocycles. The molecule has 2 rings (SSSR count). The van der Waals surface area contributed by atoms with Crippen LogP contribution in [0.1, 0.15) is 21.9 Å². The van der Waals surface area contributed by atoms with E-state index in [-0.39, 0.29) is 11.3 Å². The van der Waals surface area contributed by atoms with E-state index in [0.717, 1.165) is 5.69 Å². The molecule has 1 aromatic heterocycles. The molecular formula is C13H14N4O2. The number of aromatic nitrogens is 2. The lowest BCUT2D eigenvalue weighted by molar-refractivity contribution is 0.0698. The van der Waals surface area contributed by atoms with Crippen LogP contribution in [-0.4, -0.2) is 21.0 Å². The number of nitrogens with one attached hydrogen (secondary N) is 1. The number of benzene rings is 1. The fourth-order valence-corrected chi connectivity index (χ4v) is 1.65. The van der Waals surface area contributed by atoms with Gasteiger partial charge in [-0.3, -0.25) is 0 Å². The van der Waals surface area contributed by atoms with E-state index in [1.54, 1.807) is 24.4 Å². The number of hydrogen-bond acceptors (Lipinski definition) is 5. The maximum atomic E-state index is 11.0. The molecule has 0 aliphatic rings. The molecule has 1 aromatic carbocycles. The average Bonchev–Trinajstić information content (AvgIpc) is 2.37. The third-order valence-corrected chi connectivity index (χ3v) is 2.59. The minimum Gasteiger partial charge on any atom is -0.478 e. The quantitative estimate of drug-likeness (QED) is 0.721. The maximum absolute atomic E-state index is 11.0. The van der Waals surface area contributed by atoms with Crippen LogP contribution in [0.3, 0.4) is 0 Å². The molecule has 19 heavy (non-hydrogen) atoms. The Morgan fingerprint density at radius 2 is 2.21 bits per heavy atom. The summed E-state index contributed by atoms with van der Waals surface area (Å²) in [4.78, 5) is 19.2. The first kappa shape index (κ1) is 12.8. The number of rotatable bonds is 4. The van der Waals surface area contributed by atoms with Crippen LogP contribution in [0.5, 0.6) is 0 Å². The number of carboxylic acid groups (broad SMARTS) is 1. The van der Waals surface area contributed by atoms with Crippen molar-refractivity contribution in [1.29, 1.82) is 0 Å². The number of carbonyl (C=O) groups is 1. The standard InChI is InChI=1S/C13H14N4O2/c1-8-15-5-4-10(17-8)7-16-9-2-3-12(14)11(6-9)13(18)19/h2-6,16H,7,14H2,1H3,(H,18,19). The third-order valence-electron chi connectivity index (χ3n) is 2.59. The number of nitrogens with two attached hydrogens (primary N) is 1. The smallest absolute Gasteiger partial charge is 0.337 e. The Hall–Kier alpha value is -2.63. The molecule has 0 aliphatic heterocycles. The summed E-state index contributed by atoms with van der Waals surface area (Å²) in [6.07, 6.45) is 1.69. The minimum atomic E-state index is -1.04. The van der Waals surface area contributed by atoms with Crippen molar-refractivity contribution in [1.82, 2.24) is 9.97 Å². The van der Waals surface area contributed by atoms with Crippen molar-refractivity contribution in [3.05, 3.63) is 47.5 Å². The van der Waals surface area contributed by atoms with Crippen molar-refractivity contribution in [2.45, 2.75) is 13.5 Å². The summed E-state index contributed by atoms with van der Waals surface area (Å²) < 4.78 is 0. The molecule has 0 atom stereocenters. The van der Waals surface area contributed by atoms with Gasteiger partial charge >= 0.3 is 5.97 Å². The van der Waals surface area contributed by atoms with Gasteiger partial charge in [0, 0.05) is 17.6 Å². The van der Waals surface area contributed by atoms with Crippen molar-refractivity contribution in [2.75, 3.05) is 11.1 Å². The van der Waals surface area contributed by atoms with Gasteiger partial charge in [-0.1, -0.05) is 0 Å². The van der Waals surface area contributed by atoms with Gasteiger partial charge in [0.25, 0.3) is 0 Å². The molecule has 0 amide bonds. The number of carboxylic acids is 1. The van der Waals surface area contributed by atoms with Crippen molar-refractivity contribution in [3.63, 3.8) is 0 Å². The van der Waals surface area contributed by atoms with Gasteiger partial charge in [-0.15, -0.1) is 0 Å². The number of nitrogen functional groups attached to an aromatic ring is 1. The van der Waals surface area contributed by atoms with Crippen LogP contribution >= 0.6 is 0 Å². The Morgan fingerprint density at radius 1 is 1.42 bits per heavy atom. The Bertz CT molecular complexity index is 613. The second kappa shape index (κ2) is 5.34. The molecule has 6 nitrogen and oxygen atoms in total. The highest BCUT2D eigenvalue weighted by Crippen LogP contribution is 2.18. The monoisotopic (exact) mass is 258 g/mol. The number of anilines is 2. The van der Waals surface area contributed by atoms with Crippen molar-refractivity contribution < 1.29 is 9.90 Å². The van der Waals surface area contributed by atoms with Crippen LogP contribution in [-0.2, 0) is 6.54 Å². The molecule has 4 N–H and O–H groups in total. The largest absolute Gasteiger partial charge is 0.478 e. The van der Waals surface area contributed by atoms with E-state index in [2.05, 4.69) is 15.3 Å². The molecule has 0 spiro atoms. The lowest BCUT2D eigenvalue weighted by atomic mass is 10.1. The van der Waals surface area contributed by atoms with E-state index in [0.29, 0.717) is 18.1 Å². The molecule has 0 aliphatic carbocycles. The summed E-state index contributed by atoms with van der Waals surface area (Å²) >= 11 is 0. The van der Waals surface area contributed by atoms with Crippen molar-refractivity contribution in [2.24, 2.45) is 0 Å².